The quantitative estimate of drug-likeness (QED) is 0.875. The second kappa shape index (κ2) is 7.23. The van der Waals surface area contributed by atoms with Gasteiger partial charge in [-0.2, -0.15) is 0 Å². The Balaban J connectivity index is 1.80. The highest BCUT2D eigenvalue weighted by molar-refractivity contribution is 7.89. The number of aryl methyl sites for hydroxylation is 1. The molecular formula is C19H22FNO3S. The molecule has 0 saturated heterocycles. The number of hydrogen-bond acceptors (Lipinski definition) is 3. The summed E-state index contributed by atoms with van der Waals surface area (Å²) in [6.07, 6.45) is 1.98. The van der Waals surface area contributed by atoms with Crippen LogP contribution in [0.4, 0.5) is 4.39 Å². The lowest BCUT2D eigenvalue weighted by molar-refractivity contribution is 0.120. The molecule has 134 valence electrons. The third-order valence-electron chi connectivity index (χ3n) is 4.63. The standard InChI is InChI=1S/C19H22FNO3S/c1-13-2-4-14(5-3-13)18-11-10-17(12-19(18)20)25(23,24)21-15-6-8-16(22)9-7-15/h2-5,10-12,15-16,21-22H,6-9H2,1H3/t15-,16+. The Bertz CT molecular complexity index is 841. The largest absolute Gasteiger partial charge is 0.393 e. The molecule has 0 amide bonds. The first-order valence-corrected chi connectivity index (χ1v) is 9.90. The summed E-state index contributed by atoms with van der Waals surface area (Å²) in [5, 5.41) is 9.51. The number of rotatable bonds is 4. The van der Waals surface area contributed by atoms with Crippen LogP contribution in [0.1, 0.15) is 31.2 Å². The molecule has 0 aromatic heterocycles. The Morgan fingerprint density at radius 3 is 2.28 bits per heavy atom. The molecule has 0 unspecified atom stereocenters. The SMILES string of the molecule is Cc1ccc(-c2ccc(S(=O)(=O)N[C@H]3CC[C@@H](O)CC3)cc2F)cc1. The predicted octanol–water partition coefficient (Wildman–Crippen LogP) is 3.38. The van der Waals surface area contributed by atoms with Crippen LogP contribution >= 0.6 is 0 Å². The minimum Gasteiger partial charge on any atom is -0.393 e. The Labute approximate surface area is 147 Å². The van der Waals surface area contributed by atoms with Gasteiger partial charge in [-0.25, -0.2) is 17.5 Å². The van der Waals surface area contributed by atoms with Crippen molar-refractivity contribution in [3.05, 3.63) is 53.8 Å². The fraction of sp³-hybridized carbons (Fsp3) is 0.368. The minimum atomic E-state index is -3.78. The Hall–Kier alpha value is -1.76. The van der Waals surface area contributed by atoms with E-state index in [-0.39, 0.29) is 17.0 Å². The summed E-state index contributed by atoms with van der Waals surface area (Å²) < 4.78 is 42.1. The first kappa shape index (κ1) is 18.0. The maximum absolute atomic E-state index is 14.5. The van der Waals surface area contributed by atoms with Crippen molar-refractivity contribution in [2.45, 2.75) is 49.6 Å². The maximum atomic E-state index is 14.5. The number of halogens is 1. The number of sulfonamides is 1. The first-order chi connectivity index (χ1) is 11.8. The molecule has 1 fully saturated rings. The molecule has 0 spiro atoms. The molecule has 0 atom stereocenters. The minimum absolute atomic E-state index is 0.0769. The van der Waals surface area contributed by atoms with Crippen molar-refractivity contribution in [3.8, 4) is 11.1 Å². The Morgan fingerprint density at radius 2 is 1.68 bits per heavy atom. The highest BCUT2D eigenvalue weighted by Crippen LogP contribution is 2.26. The van der Waals surface area contributed by atoms with E-state index in [2.05, 4.69) is 4.72 Å². The molecule has 1 saturated carbocycles. The van der Waals surface area contributed by atoms with E-state index in [0.29, 0.717) is 36.8 Å². The van der Waals surface area contributed by atoms with E-state index in [1.165, 1.54) is 12.1 Å². The molecule has 4 nitrogen and oxygen atoms in total. The normalized spacial score (nSPS) is 21.2. The van der Waals surface area contributed by atoms with Crippen molar-refractivity contribution in [2.24, 2.45) is 0 Å². The van der Waals surface area contributed by atoms with Crippen LogP contribution in [-0.4, -0.2) is 25.7 Å². The van der Waals surface area contributed by atoms with Crippen LogP contribution in [0.5, 0.6) is 0 Å². The van der Waals surface area contributed by atoms with Gasteiger partial charge in [0, 0.05) is 11.6 Å². The van der Waals surface area contributed by atoms with E-state index in [9.17, 15) is 17.9 Å². The van der Waals surface area contributed by atoms with Gasteiger partial charge in [-0.15, -0.1) is 0 Å². The molecule has 2 N–H and O–H groups in total. The van der Waals surface area contributed by atoms with Crippen LogP contribution in [0, 0.1) is 12.7 Å². The summed E-state index contributed by atoms with van der Waals surface area (Å²) in [6, 6.07) is 11.2. The zero-order valence-electron chi connectivity index (χ0n) is 14.1. The van der Waals surface area contributed by atoms with E-state index >= 15 is 0 Å². The molecule has 0 bridgehead atoms. The van der Waals surface area contributed by atoms with E-state index in [1.807, 2.05) is 31.2 Å². The third kappa shape index (κ3) is 4.26. The average molecular weight is 363 g/mol. The van der Waals surface area contributed by atoms with Crippen LogP contribution in [0.2, 0.25) is 0 Å². The van der Waals surface area contributed by atoms with E-state index in [0.717, 1.165) is 11.6 Å². The van der Waals surface area contributed by atoms with Crippen molar-refractivity contribution in [3.63, 3.8) is 0 Å². The highest BCUT2D eigenvalue weighted by Gasteiger charge is 2.25. The monoisotopic (exact) mass is 363 g/mol. The second-order valence-electron chi connectivity index (χ2n) is 6.63. The summed E-state index contributed by atoms with van der Waals surface area (Å²) in [5.74, 6) is -0.564. The molecule has 6 heteroatoms. The van der Waals surface area contributed by atoms with E-state index < -0.39 is 15.8 Å². The number of aliphatic hydroxyl groups is 1. The lowest BCUT2D eigenvalue weighted by Gasteiger charge is -2.26. The van der Waals surface area contributed by atoms with Crippen LogP contribution < -0.4 is 4.72 Å². The molecule has 3 rings (SSSR count). The molecule has 0 aliphatic heterocycles. The van der Waals surface area contributed by atoms with Crippen molar-refractivity contribution >= 4 is 10.0 Å². The van der Waals surface area contributed by atoms with Crippen molar-refractivity contribution in [1.29, 1.82) is 0 Å². The van der Waals surface area contributed by atoms with Gasteiger partial charge in [0.2, 0.25) is 10.0 Å². The Morgan fingerprint density at radius 1 is 1.04 bits per heavy atom. The third-order valence-corrected chi connectivity index (χ3v) is 6.15. The van der Waals surface area contributed by atoms with Crippen molar-refractivity contribution in [2.75, 3.05) is 0 Å². The molecule has 2 aromatic carbocycles. The molecule has 0 heterocycles. The Kier molecular flexibility index (Phi) is 5.22. The van der Waals surface area contributed by atoms with Crippen molar-refractivity contribution in [1.82, 2.24) is 4.72 Å². The number of benzene rings is 2. The second-order valence-corrected chi connectivity index (χ2v) is 8.35. The lowest BCUT2D eigenvalue weighted by Crippen LogP contribution is -2.38. The summed E-state index contributed by atoms with van der Waals surface area (Å²) in [6.45, 7) is 1.95. The average Bonchev–Trinajstić information content (AvgIpc) is 2.58. The molecule has 1 aliphatic carbocycles. The van der Waals surface area contributed by atoms with Gasteiger partial charge in [-0.3, -0.25) is 0 Å². The molecule has 1 aliphatic rings. The fourth-order valence-corrected chi connectivity index (χ4v) is 4.43. The van der Waals surface area contributed by atoms with Gasteiger partial charge < -0.3 is 5.11 Å². The van der Waals surface area contributed by atoms with Crippen LogP contribution in [-0.2, 0) is 10.0 Å². The molecular weight excluding hydrogens is 341 g/mol. The van der Waals surface area contributed by atoms with Crippen LogP contribution in [0.3, 0.4) is 0 Å². The van der Waals surface area contributed by atoms with Gasteiger partial charge in [0.1, 0.15) is 5.82 Å². The van der Waals surface area contributed by atoms with E-state index in [1.54, 1.807) is 0 Å². The summed E-state index contributed by atoms with van der Waals surface area (Å²) in [7, 11) is -3.78. The zero-order chi connectivity index (χ0) is 18.0. The van der Waals surface area contributed by atoms with Crippen LogP contribution in [0.25, 0.3) is 11.1 Å². The molecule has 2 aromatic rings. The molecule has 25 heavy (non-hydrogen) atoms. The fourth-order valence-electron chi connectivity index (χ4n) is 3.11. The van der Waals surface area contributed by atoms with E-state index in [4.69, 9.17) is 0 Å². The summed E-state index contributed by atoms with van der Waals surface area (Å²) >= 11 is 0. The number of nitrogens with one attached hydrogen (secondary N) is 1. The summed E-state index contributed by atoms with van der Waals surface area (Å²) in [5.41, 5.74) is 2.16. The zero-order valence-corrected chi connectivity index (χ0v) is 14.9. The first-order valence-electron chi connectivity index (χ1n) is 8.42. The van der Waals surface area contributed by atoms with Gasteiger partial charge in [-0.05, 0) is 50.3 Å². The van der Waals surface area contributed by atoms with Gasteiger partial charge in [-0.1, -0.05) is 35.9 Å². The smallest absolute Gasteiger partial charge is 0.240 e. The number of aliphatic hydroxyl groups excluding tert-OH is 1. The predicted molar refractivity (Wildman–Crippen MR) is 95.2 cm³/mol. The highest BCUT2D eigenvalue weighted by atomic mass is 32.2. The van der Waals surface area contributed by atoms with Gasteiger partial charge in [0.15, 0.2) is 0 Å². The number of hydrogen-bond donors (Lipinski definition) is 2. The summed E-state index contributed by atoms with van der Waals surface area (Å²) in [4.78, 5) is -0.0769. The van der Waals surface area contributed by atoms with Gasteiger partial charge in [0.25, 0.3) is 0 Å². The lowest BCUT2D eigenvalue weighted by atomic mass is 9.94. The maximum Gasteiger partial charge on any atom is 0.240 e. The van der Waals surface area contributed by atoms with Gasteiger partial charge in [0.05, 0.1) is 11.0 Å². The molecule has 0 radical (unpaired) electrons. The topological polar surface area (TPSA) is 66.4 Å². The van der Waals surface area contributed by atoms with Crippen molar-refractivity contribution < 1.29 is 17.9 Å². The van der Waals surface area contributed by atoms with Gasteiger partial charge >= 0.3 is 0 Å². The van der Waals surface area contributed by atoms with Crippen LogP contribution in [0.15, 0.2) is 47.4 Å².